The van der Waals surface area contributed by atoms with Crippen LogP contribution >= 0.6 is 0 Å². The summed E-state index contributed by atoms with van der Waals surface area (Å²) in [5.41, 5.74) is 7.54. The average Bonchev–Trinajstić information content (AvgIpc) is 3.30. The van der Waals surface area contributed by atoms with Crippen LogP contribution in [0, 0.1) is 0 Å². The molecule has 11 aromatic rings. The molecule has 0 unspecified atom stereocenters. The van der Waals surface area contributed by atoms with Gasteiger partial charge < -0.3 is 0 Å². The van der Waals surface area contributed by atoms with E-state index in [1.807, 2.05) is 0 Å². The predicted molar refractivity (Wildman–Crippen MR) is 254 cm³/mol. The second kappa shape index (κ2) is 13.8. The van der Waals surface area contributed by atoms with E-state index in [-0.39, 0.29) is 0 Å². The predicted octanol–water partition coefficient (Wildman–Crippen LogP) is 13.6. The second-order valence-corrected chi connectivity index (χ2v) is 19.8. The van der Waals surface area contributed by atoms with E-state index < -0.39 is 8.07 Å². The van der Waals surface area contributed by atoms with Crippen LogP contribution in [0.25, 0.3) is 87.2 Å². The Bertz CT molecular complexity index is 3210. The largest absolute Gasteiger partial charge is 0.145 e. The lowest BCUT2D eigenvalue weighted by molar-refractivity contribution is 1.61. The fourth-order valence-electron chi connectivity index (χ4n) is 9.51. The summed E-state index contributed by atoms with van der Waals surface area (Å²) in [6.45, 7) is 2.53. The van der Waals surface area contributed by atoms with Gasteiger partial charge in [0.15, 0.2) is 0 Å². The smallest absolute Gasteiger partial charge is 0.0622 e. The molecule has 0 radical (unpaired) electrons. The molecular formula is C57H40Si. The summed E-state index contributed by atoms with van der Waals surface area (Å²) in [6, 6.07) is 83.8. The minimum atomic E-state index is -2.45. The van der Waals surface area contributed by atoms with E-state index >= 15 is 0 Å². The molecule has 0 aromatic heterocycles. The van der Waals surface area contributed by atoms with Crippen molar-refractivity contribution in [2.45, 2.75) is 6.55 Å². The molecule has 58 heavy (non-hydrogen) atoms. The molecule has 1 heteroatoms. The highest BCUT2D eigenvalue weighted by Gasteiger charge is 2.35. The zero-order valence-corrected chi connectivity index (χ0v) is 33.4. The van der Waals surface area contributed by atoms with Crippen molar-refractivity contribution in [3.8, 4) is 33.4 Å². The molecule has 0 aliphatic carbocycles. The molecule has 0 saturated heterocycles. The fraction of sp³-hybridized carbons (Fsp3) is 0.0175. The number of hydrogen-bond donors (Lipinski definition) is 0. The quantitative estimate of drug-likeness (QED) is 0.0901. The molecule has 0 atom stereocenters. The number of fused-ring (bicyclic) bond motifs is 5. The minimum absolute atomic E-state index is 1.22. The van der Waals surface area contributed by atoms with Gasteiger partial charge in [-0.15, -0.1) is 0 Å². The van der Waals surface area contributed by atoms with Crippen LogP contribution in [0.4, 0.5) is 0 Å². The Hall–Kier alpha value is -7.06. The van der Waals surface area contributed by atoms with Gasteiger partial charge in [-0.2, -0.15) is 0 Å². The monoisotopic (exact) mass is 752 g/mol. The molecule has 0 heterocycles. The summed E-state index contributed by atoms with van der Waals surface area (Å²) in [5.74, 6) is 0. The summed E-state index contributed by atoms with van der Waals surface area (Å²) >= 11 is 0. The lowest BCUT2D eigenvalue weighted by atomic mass is 9.84. The highest BCUT2D eigenvalue weighted by Crippen LogP contribution is 2.45. The lowest BCUT2D eigenvalue weighted by Crippen LogP contribution is -2.64. The average molecular weight is 753 g/mol. The zero-order valence-electron chi connectivity index (χ0n) is 32.4. The van der Waals surface area contributed by atoms with E-state index in [1.54, 1.807) is 0 Å². The molecular weight excluding hydrogens is 713 g/mol. The van der Waals surface area contributed by atoms with Crippen molar-refractivity contribution in [3.05, 3.63) is 224 Å². The first-order valence-corrected chi connectivity index (χ1v) is 22.7. The molecule has 0 spiro atoms. The summed E-state index contributed by atoms with van der Waals surface area (Å²) in [6.07, 6.45) is 0. The van der Waals surface area contributed by atoms with E-state index in [4.69, 9.17) is 0 Å². The zero-order chi connectivity index (χ0) is 38.6. The van der Waals surface area contributed by atoms with Crippen LogP contribution in [0.5, 0.6) is 0 Å². The molecule has 11 rings (SSSR count). The first-order chi connectivity index (χ1) is 28.6. The van der Waals surface area contributed by atoms with E-state index in [0.717, 1.165) is 0 Å². The first-order valence-electron chi connectivity index (χ1n) is 20.2. The molecule has 11 aromatic carbocycles. The van der Waals surface area contributed by atoms with Gasteiger partial charge in [-0.1, -0.05) is 231 Å². The van der Waals surface area contributed by atoms with Crippen LogP contribution in [0.3, 0.4) is 0 Å². The molecule has 0 saturated carbocycles. The van der Waals surface area contributed by atoms with Crippen LogP contribution in [0.1, 0.15) is 0 Å². The third kappa shape index (κ3) is 5.58. The molecule has 0 amide bonds. The number of rotatable bonds is 6. The molecule has 0 nitrogen and oxygen atoms in total. The van der Waals surface area contributed by atoms with E-state index in [2.05, 4.69) is 231 Å². The molecule has 0 aliphatic heterocycles. The minimum Gasteiger partial charge on any atom is -0.0622 e. The third-order valence-electron chi connectivity index (χ3n) is 12.6. The SMILES string of the molecule is C[Si](c1cccc(-c2ccc(-c3c4ccccc4c(-c4cccc5ccccc45)c4ccccc34)cc2)c1)(c1ccc2ccccc2c1)c1ccc2ccccc2c1. The van der Waals surface area contributed by atoms with Crippen molar-refractivity contribution in [1.29, 1.82) is 0 Å². The summed E-state index contributed by atoms with van der Waals surface area (Å²) < 4.78 is 0. The molecule has 0 N–H and O–H groups in total. The Labute approximate surface area is 340 Å². The maximum absolute atomic E-state index is 2.53. The van der Waals surface area contributed by atoms with Gasteiger partial charge in [-0.05, 0) is 103 Å². The number of hydrogen-bond acceptors (Lipinski definition) is 0. The molecule has 0 aliphatic rings. The highest BCUT2D eigenvalue weighted by atomic mass is 28.3. The Kier molecular flexibility index (Phi) is 8.17. The van der Waals surface area contributed by atoms with Crippen molar-refractivity contribution in [2.75, 3.05) is 0 Å². The van der Waals surface area contributed by atoms with Crippen molar-refractivity contribution in [2.24, 2.45) is 0 Å². The van der Waals surface area contributed by atoms with E-state index in [9.17, 15) is 0 Å². The van der Waals surface area contributed by atoms with Gasteiger partial charge in [-0.25, -0.2) is 0 Å². The third-order valence-corrected chi connectivity index (χ3v) is 17.0. The van der Waals surface area contributed by atoms with E-state index in [0.29, 0.717) is 0 Å². The van der Waals surface area contributed by atoms with Crippen LogP contribution < -0.4 is 15.6 Å². The first kappa shape index (κ1) is 34.2. The Morgan fingerprint density at radius 3 is 1.28 bits per heavy atom. The normalized spacial score (nSPS) is 11.9. The van der Waals surface area contributed by atoms with Gasteiger partial charge in [0.05, 0.1) is 0 Å². The summed E-state index contributed by atoms with van der Waals surface area (Å²) in [5, 5.41) is 17.0. The summed E-state index contributed by atoms with van der Waals surface area (Å²) in [7, 11) is -2.45. The maximum Gasteiger partial charge on any atom is 0.145 e. The Morgan fingerprint density at radius 1 is 0.259 bits per heavy atom. The van der Waals surface area contributed by atoms with Gasteiger partial charge in [-0.3, -0.25) is 0 Å². The van der Waals surface area contributed by atoms with Crippen LogP contribution in [0.2, 0.25) is 6.55 Å². The molecule has 0 bridgehead atoms. The van der Waals surface area contributed by atoms with Crippen molar-refractivity contribution < 1.29 is 0 Å². The van der Waals surface area contributed by atoms with Crippen molar-refractivity contribution in [1.82, 2.24) is 0 Å². The standard InChI is InChI=1S/C57H40Si/c1-58(48-34-32-39-14-2-4-17-44(39)37-48,49-35-33-40-15-3-5-18-45(40)38-49)47-21-12-20-46(36-47)41-28-30-43(31-29-41)56-52-23-8-10-25-54(52)57(55-26-11-9-24-53(55)56)51-27-13-19-42-16-6-7-22-50(42)51/h2-38H,1H3. The number of benzene rings is 11. The molecule has 0 fully saturated rings. The van der Waals surface area contributed by atoms with Crippen molar-refractivity contribution in [3.63, 3.8) is 0 Å². The van der Waals surface area contributed by atoms with Crippen molar-refractivity contribution >= 4 is 77.5 Å². The van der Waals surface area contributed by atoms with Gasteiger partial charge in [0.2, 0.25) is 0 Å². The van der Waals surface area contributed by atoms with Gasteiger partial charge in [0.25, 0.3) is 0 Å². The Balaban J connectivity index is 1.05. The van der Waals surface area contributed by atoms with Gasteiger partial charge >= 0.3 is 0 Å². The fourth-order valence-corrected chi connectivity index (χ4v) is 13.1. The van der Waals surface area contributed by atoms with Crippen LogP contribution in [0.15, 0.2) is 224 Å². The molecule has 272 valence electrons. The van der Waals surface area contributed by atoms with Gasteiger partial charge in [0.1, 0.15) is 8.07 Å². The van der Waals surface area contributed by atoms with Crippen LogP contribution in [-0.4, -0.2) is 8.07 Å². The second-order valence-electron chi connectivity index (χ2n) is 15.8. The topological polar surface area (TPSA) is 0 Å². The Morgan fingerprint density at radius 2 is 0.690 bits per heavy atom. The van der Waals surface area contributed by atoms with Crippen LogP contribution in [-0.2, 0) is 0 Å². The van der Waals surface area contributed by atoms with Gasteiger partial charge in [0, 0.05) is 0 Å². The summed E-state index contributed by atoms with van der Waals surface area (Å²) in [4.78, 5) is 0. The highest BCUT2D eigenvalue weighted by molar-refractivity contribution is 7.10. The lowest BCUT2D eigenvalue weighted by Gasteiger charge is -2.30. The maximum atomic E-state index is 2.53. The van der Waals surface area contributed by atoms with E-state index in [1.165, 1.54) is 103 Å².